The van der Waals surface area contributed by atoms with Crippen molar-refractivity contribution < 1.29 is 19.4 Å². The molecule has 0 spiro atoms. The van der Waals surface area contributed by atoms with Gasteiger partial charge in [0.2, 0.25) is 5.91 Å². The van der Waals surface area contributed by atoms with E-state index in [2.05, 4.69) is 26.1 Å². The Morgan fingerprint density at radius 1 is 1.16 bits per heavy atom. The van der Waals surface area contributed by atoms with Crippen LogP contribution in [-0.2, 0) is 9.59 Å². The van der Waals surface area contributed by atoms with Gasteiger partial charge in [0.05, 0.1) is 6.61 Å². The standard InChI is InChI=1S/C26H31NO4/c1-15-16(2)25-23(17(3)24(15)27-21(28)13-26(4,5)6)20(14-31-25)19-9-7-8-18(12-19)10-11-22(29)30/h7-12,20H,13-14H2,1-6H3,(H,27,28)(H,29,30). The number of carboxylic acid groups (broad SMARTS) is 1. The number of hydrogen-bond acceptors (Lipinski definition) is 3. The number of fused-ring (bicyclic) bond motifs is 1. The van der Waals surface area contributed by atoms with Gasteiger partial charge in [-0.2, -0.15) is 0 Å². The number of benzene rings is 2. The molecule has 5 nitrogen and oxygen atoms in total. The Bertz CT molecular complexity index is 1060. The summed E-state index contributed by atoms with van der Waals surface area (Å²) < 4.78 is 6.11. The molecule has 0 saturated heterocycles. The number of carboxylic acids is 1. The highest BCUT2D eigenvalue weighted by Gasteiger charge is 2.32. The summed E-state index contributed by atoms with van der Waals surface area (Å²) in [5.41, 5.74) is 6.84. The van der Waals surface area contributed by atoms with Crippen molar-refractivity contribution in [3.63, 3.8) is 0 Å². The fourth-order valence-electron chi connectivity index (χ4n) is 4.16. The number of nitrogens with one attached hydrogen (secondary N) is 1. The Labute approximate surface area is 184 Å². The molecule has 1 heterocycles. The van der Waals surface area contributed by atoms with Crippen LogP contribution < -0.4 is 10.1 Å². The van der Waals surface area contributed by atoms with E-state index in [1.54, 1.807) is 6.08 Å². The number of aliphatic carboxylic acids is 1. The molecule has 0 aromatic heterocycles. The average molecular weight is 422 g/mol. The van der Waals surface area contributed by atoms with Gasteiger partial charge in [-0.25, -0.2) is 4.79 Å². The zero-order chi connectivity index (χ0) is 22.9. The third-order valence-electron chi connectivity index (χ3n) is 5.73. The zero-order valence-corrected chi connectivity index (χ0v) is 19.1. The van der Waals surface area contributed by atoms with E-state index in [0.717, 1.165) is 50.9 Å². The van der Waals surface area contributed by atoms with Crippen LogP contribution in [0.5, 0.6) is 5.75 Å². The first kappa shape index (κ1) is 22.6. The number of amides is 1. The molecule has 2 aromatic rings. The summed E-state index contributed by atoms with van der Waals surface area (Å²) >= 11 is 0. The van der Waals surface area contributed by atoms with Gasteiger partial charge in [-0.15, -0.1) is 0 Å². The Kier molecular flexibility index (Phi) is 6.25. The van der Waals surface area contributed by atoms with E-state index in [-0.39, 0.29) is 17.2 Å². The van der Waals surface area contributed by atoms with Gasteiger partial charge < -0.3 is 15.2 Å². The molecule has 0 fully saturated rings. The van der Waals surface area contributed by atoms with Crippen LogP contribution in [0.25, 0.3) is 6.08 Å². The normalized spacial score (nSPS) is 15.6. The van der Waals surface area contributed by atoms with Gasteiger partial charge >= 0.3 is 5.97 Å². The van der Waals surface area contributed by atoms with Gasteiger partial charge in [0.25, 0.3) is 0 Å². The van der Waals surface area contributed by atoms with Crippen LogP contribution in [0.1, 0.15) is 66.5 Å². The molecular formula is C26H31NO4. The van der Waals surface area contributed by atoms with Crippen LogP contribution in [0, 0.1) is 26.2 Å². The summed E-state index contributed by atoms with van der Waals surface area (Å²) in [6.45, 7) is 12.8. The van der Waals surface area contributed by atoms with Crippen LogP contribution in [0.2, 0.25) is 0 Å². The van der Waals surface area contributed by atoms with Crippen LogP contribution in [0.3, 0.4) is 0 Å². The van der Waals surface area contributed by atoms with Crippen LogP contribution in [0.15, 0.2) is 30.3 Å². The molecule has 164 valence electrons. The van der Waals surface area contributed by atoms with Crippen molar-refractivity contribution in [3.05, 3.63) is 63.7 Å². The van der Waals surface area contributed by atoms with Gasteiger partial charge in [-0.3, -0.25) is 4.79 Å². The molecule has 2 N–H and O–H groups in total. The lowest BCUT2D eigenvalue weighted by atomic mass is 9.85. The maximum absolute atomic E-state index is 12.7. The van der Waals surface area contributed by atoms with Crippen molar-refractivity contribution in [3.8, 4) is 5.75 Å². The highest BCUT2D eigenvalue weighted by molar-refractivity contribution is 5.94. The van der Waals surface area contributed by atoms with Crippen LogP contribution in [-0.4, -0.2) is 23.6 Å². The minimum absolute atomic E-state index is 0.00863. The largest absolute Gasteiger partial charge is 0.492 e. The van der Waals surface area contributed by atoms with Gasteiger partial charge in [-0.1, -0.05) is 45.0 Å². The number of hydrogen-bond donors (Lipinski definition) is 2. The first-order valence-electron chi connectivity index (χ1n) is 10.5. The maximum Gasteiger partial charge on any atom is 0.328 e. The van der Waals surface area contributed by atoms with Gasteiger partial charge in [-0.05, 0) is 60.1 Å². The molecule has 0 bridgehead atoms. The Morgan fingerprint density at radius 2 is 1.87 bits per heavy atom. The SMILES string of the molecule is Cc1c(C)c2c(c(C)c1NC(=O)CC(C)(C)C)C(c1cccc(C=CC(=O)O)c1)CO2. The molecule has 2 aromatic carbocycles. The second kappa shape index (κ2) is 8.58. The lowest BCUT2D eigenvalue weighted by Crippen LogP contribution is -2.21. The lowest BCUT2D eigenvalue weighted by Gasteiger charge is -2.22. The van der Waals surface area contributed by atoms with Crippen LogP contribution >= 0.6 is 0 Å². The van der Waals surface area contributed by atoms with E-state index < -0.39 is 5.97 Å². The number of rotatable bonds is 5. The van der Waals surface area contributed by atoms with Crippen molar-refractivity contribution >= 4 is 23.6 Å². The monoisotopic (exact) mass is 421 g/mol. The van der Waals surface area contributed by atoms with E-state index in [1.165, 1.54) is 0 Å². The van der Waals surface area contributed by atoms with Gasteiger partial charge in [0.15, 0.2) is 0 Å². The molecule has 0 saturated carbocycles. The van der Waals surface area contributed by atoms with Crippen molar-refractivity contribution in [2.45, 2.75) is 53.9 Å². The number of carbonyl (C=O) groups is 2. The fraction of sp³-hybridized carbons (Fsp3) is 0.385. The van der Waals surface area contributed by atoms with Crippen LogP contribution in [0.4, 0.5) is 5.69 Å². The summed E-state index contributed by atoms with van der Waals surface area (Å²) in [5, 5.41) is 12.1. The van der Waals surface area contributed by atoms with Crippen molar-refractivity contribution in [1.82, 2.24) is 0 Å². The third kappa shape index (κ3) is 4.98. The van der Waals surface area contributed by atoms with E-state index >= 15 is 0 Å². The van der Waals surface area contributed by atoms with E-state index in [9.17, 15) is 9.59 Å². The maximum atomic E-state index is 12.7. The van der Waals surface area contributed by atoms with E-state index in [1.807, 2.05) is 45.0 Å². The summed E-state index contributed by atoms with van der Waals surface area (Å²) in [6, 6.07) is 7.84. The molecule has 31 heavy (non-hydrogen) atoms. The molecule has 0 radical (unpaired) electrons. The minimum atomic E-state index is -0.975. The molecule has 5 heteroatoms. The molecular weight excluding hydrogens is 390 g/mol. The highest BCUT2D eigenvalue weighted by Crippen LogP contribution is 2.47. The highest BCUT2D eigenvalue weighted by atomic mass is 16.5. The van der Waals surface area contributed by atoms with E-state index in [0.29, 0.717) is 13.0 Å². The fourth-order valence-corrected chi connectivity index (χ4v) is 4.16. The topological polar surface area (TPSA) is 75.6 Å². The van der Waals surface area contributed by atoms with Gasteiger partial charge in [0, 0.05) is 29.7 Å². The molecule has 3 rings (SSSR count). The number of ether oxygens (including phenoxy) is 1. The Morgan fingerprint density at radius 3 is 2.52 bits per heavy atom. The zero-order valence-electron chi connectivity index (χ0n) is 19.1. The second-order valence-corrected chi connectivity index (χ2v) is 9.48. The van der Waals surface area contributed by atoms with Crippen molar-refractivity contribution in [1.29, 1.82) is 0 Å². The van der Waals surface area contributed by atoms with Crippen molar-refractivity contribution in [2.24, 2.45) is 5.41 Å². The number of carbonyl (C=O) groups excluding carboxylic acids is 1. The average Bonchev–Trinajstić information content (AvgIpc) is 3.12. The number of anilines is 1. The molecule has 1 aliphatic rings. The smallest absolute Gasteiger partial charge is 0.328 e. The summed E-state index contributed by atoms with van der Waals surface area (Å²) in [6.07, 6.45) is 3.17. The Balaban J connectivity index is 2.02. The molecule has 1 atom stereocenters. The molecule has 1 unspecified atom stereocenters. The lowest BCUT2D eigenvalue weighted by molar-refractivity contribution is -0.131. The first-order chi connectivity index (χ1) is 14.5. The quantitative estimate of drug-likeness (QED) is 0.616. The predicted octanol–water partition coefficient (Wildman–Crippen LogP) is 5.61. The molecule has 1 aliphatic heterocycles. The first-order valence-corrected chi connectivity index (χ1v) is 10.5. The minimum Gasteiger partial charge on any atom is -0.492 e. The predicted molar refractivity (Wildman–Crippen MR) is 124 cm³/mol. The van der Waals surface area contributed by atoms with E-state index in [4.69, 9.17) is 9.84 Å². The van der Waals surface area contributed by atoms with Crippen molar-refractivity contribution in [2.75, 3.05) is 11.9 Å². The molecule has 0 aliphatic carbocycles. The third-order valence-corrected chi connectivity index (χ3v) is 5.73. The summed E-state index contributed by atoms with van der Waals surface area (Å²) in [5.74, 6) is -0.0575. The van der Waals surface area contributed by atoms with Gasteiger partial charge in [0.1, 0.15) is 5.75 Å². The second-order valence-electron chi connectivity index (χ2n) is 9.48. The summed E-state index contributed by atoms with van der Waals surface area (Å²) in [4.78, 5) is 23.5. The summed E-state index contributed by atoms with van der Waals surface area (Å²) in [7, 11) is 0. The Hall–Kier alpha value is -3.08. The molecule has 1 amide bonds.